The van der Waals surface area contributed by atoms with E-state index in [0.29, 0.717) is 5.41 Å². The fourth-order valence-electron chi connectivity index (χ4n) is 2.65. The van der Waals surface area contributed by atoms with E-state index in [2.05, 4.69) is 31.9 Å². The smallest absolute Gasteiger partial charge is 0.0353 e. The SMILES string of the molecule is C=CCN1CC2C(C1=C)C2(C)C. The molecule has 2 aliphatic rings. The third kappa shape index (κ3) is 0.796. The van der Waals surface area contributed by atoms with Crippen molar-refractivity contribution in [3.05, 3.63) is 24.9 Å². The van der Waals surface area contributed by atoms with E-state index in [1.807, 2.05) is 6.08 Å². The second kappa shape index (κ2) is 2.15. The second-order valence-electron chi connectivity index (χ2n) is 4.59. The van der Waals surface area contributed by atoms with E-state index in [4.69, 9.17) is 0 Å². The van der Waals surface area contributed by atoms with E-state index in [9.17, 15) is 0 Å². The third-order valence-electron chi connectivity index (χ3n) is 3.58. The van der Waals surface area contributed by atoms with Gasteiger partial charge < -0.3 is 4.90 Å². The van der Waals surface area contributed by atoms with Gasteiger partial charge in [0.1, 0.15) is 0 Å². The normalized spacial score (nSPS) is 36.5. The van der Waals surface area contributed by atoms with Gasteiger partial charge in [-0.15, -0.1) is 6.58 Å². The number of nitrogens with zero attached hydrogens (tertiary/aromatic N) is 1. The molecule has 0 N–H and O–H groups in total. The lowest BCUT2D eigenvalue weighted by Gasteiger charge is -2.24. The summed E-state index contributed by atoms with van der Waals surface area (Å²) >= 11 is 0. The van der Waals surface area contributed by atoms with Crippen LogP contribution in [0.3, 0.4) is 0 Å². The molecule has 66 valence electrons. The number of hydrogen-bond acceptors (Lipinski definition) is 1. The molecule has 0 bridgehead atoms. The number of rotatable bonds is 2. The summed E-state index contributed by atoms with van der Waals surface area (Å²) in [6, 6.07) is 0. The second-order valence-corrected chi connectivity index (χ2v) is 4.59. The highest BCUT2D eigenvalue weighted by atomic mass is 15.2. The van der Waals surface area contributed by atoms with Gasteiger partial charge in [-0.2, -0.15) is 0 Å². The van der Waals surface area contributed by atoms with Crippen LogP contribution >= 0.6 is 0 Å². The Labute approximate surface area is 74.8 Å². The zero-order chi connectivity index (χ0) is 8.93. The van der Waals surface area contributed by atoms with Gasteiger partial charge in [-0.1, -0.05) is 26.5 Å². The maximum Gasteiger partial charge on any atom is 0.0353 e. The lowest BCUT2D eigenvalue weighted by atomic mass is 10.1. The van der Waals surface area contributed by atoms with Crippen LogP contribution in [0.25, 0.3) is 0 Å². The first-order valence-electron chi connectivity index (χ1n) is 4.63. The molecule has 0 aromatic heterocycles. The number of fused-ring (bicyclic) bond motifs is 1. The van der Waals surface area contributed by atoms with Crippen LogP contribution in [0.15, 0.2) is 24.9 Å². The molecule has 12 heavy (non-hydrogen) atoms. The number of piperidine rings is 1. The van der Waals surface area contributed by atoms with Gasteiger partial charge >= 0.3 is 0 Å². The Kier molecular flexibility index (Phi) is 1.42. The van der Waals surface area contributed by atoms with Crippen molar-refractivity contribution in [1.29, 1.82) is 0 Å². The highest BCUT2D eigenvalue weighted by Gasteiger charge is 2.63. The van der Waals surface area contributed by atoms with E-state index in [1.165, 1.54) is 12.2 Å². The molecule has 2 unspecified atom stereocenters. The van der Waals surface area contributed by atoms with Gasteiger partial charge in [0, 0.05) is 24.7 Å². The van der Waals surface area contributed by atoms with Gasteiger partial charge in [-0.05, 0) is 11.3 Å². The monoisotopic (exact) mass is 163 g/mol. The van der Waals surface area contributed by atoms with Gasteiger partial charge in [0.25, 0.3) is 0 Å². The third-order valence-corrected chi connectivity index (χ3v) is 3.58. The molecule has 2 atom stereocenters. The molecule has 1 saturated carbocycles. The van der Waals surface area contributed by atoms with Crippen molar-refractivity contribution in [2.24, 2.45) is 17.3 Å². The van der Waals surface area contributed by atoms with Crippen LogP contribution in [0.2, 0.25) is 0 Å². The summed E-state index contributed by atoms with van der Waals surface area (Å²) in [7, 11) is 0. The topological polar surface area (TPSA) is 3.24 Å². The van der Waals surface area contributed by atoms with Gasteiger partial charge in [0.2, 0.25) is 0 Å². The average molecular weight is 163 g/mol. The minimum Gasteiger partial charge on any atom is -0.371 e. The molecule has 1 nitrogen and oxygen atoms in total. The molecule has 1 heterocycles. The Morgan fingerprint density at radius 1 is 1.67 bits per heavy atom. The Morgan fingerprint density at radius 2 is 2.33 bits per heavy atom. The summed E-state index contributed by atoms with van der Waals surface area (Å²) in [6.45, 7) is 14.8. The van der Waals surface area contributed by atoms with Crippen LogP contribution in [0.5, 0.6) is 0 Å². The lowest BCUT2D eigenvalue weighted by molar-refractivity contribution is 0.336. The van der Waals surface area contributed by atoms with Crippen molar-refractivity contribution in [2.75, 3.05) is 13.1 Å². The average Bonchev–Trinajstić information content (AvgIpc) is 2.36. The first-order valence-corrected chi connectivity index (χ1v) is 4.63. The highest BCUT2D eigenvalue weighted by molar-refractivity contribution is 5.27. The number of likely N-dealkylation sites (tertiary alicyclic amines) is 1. The quantitative estimate of drug-likeness (QED) is 0.564. The van der Waals surface area contributed by atoms with Crippen LogP contribution in [0.4, 0.5) is 0 Å². The molecular formula is C11H17N. The van der Waals surface area contributed by atoms with Crippen molar-refractivity contribution in [2.45, 2.75) is 13.8 Å². The van der Waals surface area contributed by atoms with Crippen molar-refractivity contribution < 1.29 is 0 Å². The minimum absolute atomic E-state index is 0.536. The maximum atomic E-state index is 4.15. The Balaban J connectivity index is 2.06. The van der Waals surface area contributed by atoms with E-state index < -0.39 is 0 Å². The molecule has 1 aliphatic carbocycles. The zero-order valence-electron chi connectivity index (χ0n) is 8.01. The van der Waals surface area contributed by atoms with Gasteiger partial charge in [0.15, 0.2) is 0 Å². The van der Waals surface area contributed by atoms with Crippen LogP contribution in [-0.2, 0) is 0 Å². The first-order chi connectivity index (χ1) is 5.59. The summed E-state index contributed by atoms with van der Waals surface area (Å²) in [5.74, 6) is 1.63. The fourth-order valence-corrected chi connectivity index (χ4v) is 2.65. The van der Waals surface area contributed by atoms with Crippen LogP contribution in [0.1, 0.15) is 13.8 Å². The molecule has 0 amide bonds. The molecule has 0 spiro atoms. The first kappa shape index (κ1) is 7.90. The summed E-state index contributed by atoms with van der Waals surface area (Å²) in [6.07, 6.45) is 1.96. The molecule has 1 heteroatoms. The number of allylic oxidation sites excluding steroid dienone is 1. The zero-order valence-corrected chi connectivity index (χ0v) is 8.01. The van der Waals surface area contributed by atoms with E-state index in [0.717, 1.165) is 18.4 Å². The molecule has 1 aliphatic heterocycles. The largest absolute Gasteiger partial charge is 0.371 e. The summed E-state index contributed by atoms with van der Waals surface area (Å²) < 4.78 is 0. The predicted molar refractivity (Wildman–Crippen MR) is 51.7 cm³/mol. The molecular weight excluding hydrogens is 146 g/mol. The highest BCUT2D eigenvalue weighted by Crippen LogP contribution is 2.65. The van der Waals surface area contributed by atoms with Gasteiger partial charge in [0.05, 0.1) is 0 Å². The van der Waals surface area contributed by atoms with E-state index in [1.54, 1.807) is 0 Å². The minimum atomic E-state index is 0.536. The van der Waals surface area contributed by atoms with Crippen LogP contribution in [-0.4, -0.2) is 18.0 Å². The summed E-state index contributed by atoms with van der Waals surface area (Å²) in [4.78, 5) is 2.35. The molecule has 0 aromatic rings. The standard InChI is InChI=1S/C11H17N/c1-5-6-12-7-9-10(8(12)2)11(9,3)4/h5,9-10H,1-2,6-7H2,3-4H3. The Morgan fingerprint density at radius 3 is 2.75 bits per heavy atom. The van der Waals surface area contributed by atoms with Gasteiger partial charge in [-0.3, -0.25) is 0 Å². The molecule has 0 radical (unpaired) electrons. The van der Waals surface area contributed by atoms with Crippen molar-refractivity contribution >= 4 is 0 Å². The number of hydrogen-bond donors (Lipinski definition) is 0. The summed E-state index contributed by atoms with van der Waals surface area (Å²) in [5, 5.41) is 0. The lowest BCUT2D eigenvalue weighted by Crippen LogP contribution is -2.24. The summed E-state index contributed by atoms with van der Waals surface area (Å²) in [5.41, 5.74) is 1.87. The molecule has 2 fully saturated rings. The Hall–Kier alpha value is -0.720. The van der Waals surface area contributed by atoms with Crippen molar-refractivity contribution in [3.63, 3.8) is 0 Å². The Bertz CT molecular complexity index is 239. The fraction of sp³-hybridized carbons (Fsp3) is 0.636. The van der Waals surface area contributed by atoms with Gasteiger partial charge in [-0.25, -0.2) is 0 Å². The van der Waals surface area contributed by atoms with Crippen molar-refractivity contribution in [3.8, 4) is 0 Å². The van der Waals surface area contributed by atoms with Crippen LogP contribution in [0, 0.1) is 17.3 Å². The predicted octanol–water partition coefficient (Wildman–Crippen LogP) is 2.27. The van der Waals surface area contributed by atoms with E-state index >= 15 is 0 Å². The molecule has 2 rings (SSSR count). The maximum absolute atomic E-state index is 4.15. The molecule has 1 saturated heterocycles. The van der Waals surface area contributed by atoms with Crippen LogP contribution < -0.4 is 0 Å². The van der Waals surface area contributed by atoms with Crippen molar-refractivity contribution in [1.82, 2.24) is 4.90 Å². The van der Waals surface area contributed by atoms with E-state index in [-0.39, 0.29) is 0 Å². The molecule has 0 aromatic carbocycles.